The Morgan fingerprint density at radius 3 is 2.14 bits per heavy atom. The van der Waals surface area contributed by atoms with E-state index in [1.54, 1.807) is 0 Å². The molecule has 0 aromatic heterocycles. The Morgan fingerprint density at radius 1 is 0.946 bits per heavy atom. The quantitative estimate of drug-likeness (QED) is 0.483. The first-order valence-corrected chi connectivity index (χ1v) is 13.3. The van der Waals surface area contributed by atoms with Gasteiger partial charge in [-0.1, -0.05) is 93.6 Å². The van der Waals surface area contributed by atoms with E-state index in [0.29, 0.717) is 32.7 Å². The first-order chi connectivity index (χ1) is 17.7. The summed E-state index contributed by atoms with van der Waals surface area (Å²) >= 11 is 0. The predicted molar refractivity (Wildman–Crippen MR) is 144 cm³/mol. The van der Waals surface area contributed by atoms with Crippen LogP contribution in [0.15, 0.2) is 72.8 Å². The van der Waals surface area contributed by atoms with E-state index in [9.17, 15) is 9.90 Å². The van der Waals surface area contributed by atoms with Crippen LogP contribution in [0.4, 0.5) is 4.79 Å². The fraction of sp³-hybridized carbons (Fsp3) is 0.406. The minimum Gasteiger partial charge on any atom is -0.448 e. The Bertz CT molecular complexity index is 1270. The van der Waals surface area contributed by atoms with Crippen LogP contribution in [0.1, 0.15) is 61.8 Å². The van der Waals surface area contributed by atoms with Crippen molar-refractivity contribution in [3.05, 3.63) is 95.1 Å². The van der Waals surface area contributed by atoms with Crippen molar-refractivity contribution in [2.24, 2.45) is 0 Å². The molecule has 2 fully saturated rings. The van der Waals surface area contributed by atoms with Crippen molar-refractivity contribution in [2.75, 3.05) is 19.8 Å². The van der Waals surface area contributed by atoms with E-state index in [2.05, 4.69) is 69.3 Å². The highest BCUT2D eigenvalue weighted by Gasteiger charge is 2.49. The van der Waals surface area contributed by atoms with Gasteiger partial charge < -0.3 is 14.6 Å². The molecule has 5 heteroatoms. The van der Waals surface area contributed by atoms with Crippen molar-refractivity contribution in [2.45, 2.75) is 62.6 Å². The molecule has 0 spiro atoms. The highest BCUT2D eigenvalue weighted by molar-refractivity contribution is 5.79. The maximum Gasteiger partial charge on any atom is 0.410 e. The Labute approximate surface area is 219 Å². The molecule has 2 aliphatic heterocycles. The summed E-state index contributed by atoms with van der Waals surface area (Å²) in [6.45, 7) is 7.64. The molecule has 5 nitrogen and oxygen atoms in total. The summed E-state index contributed by atoms with van der Waals surface area (Å²) in [6, 6.07) is 24.5. The smallest absolute Gasteiger partial charge is 0.410 e. The van der Waals surface area contributed by atoms with Crippen LogP contribution in [0.3, 0.4) is 0 Å². The Hall–Kier alpha value is -3.15. The van der Waals surface area contributed by atoms with Crippen molar-refractivity contribution >= 4 is 6.09 Å². The first kappa shape index (κ1) is 24.2. The van der Waals surface area contributed by atoms with Crippen molar-refractivity contribution in [1.82, 2.24) is 4.90 Å². The van der Waals surface area contributed by atoms with Crippen LogP contribution in [0.25, 0.3) is 11.1 Å². The largest absolute Gasteiger partial charge is 0.448 e. The second-order valence-corrected chi connectivity index (χ2v) is 11.8. The van der Waals surface area contributed by atoms with E-state index in [-0.39, 0.29) is 29.5 Å². The summed E-state index contributed by atoms with van der Waals surface area (Å²) in [5, 5.41) is 11.8. The summed E-state index contributed by atoms with van der Waals surface area (Å²) < 4.78 is 11.8. The van der Waals surface area contributed by atoms with Crippen LogP contribution in [0.5, 0.6) is 0 Å². The summed E-state index contributed by atoms with van der Waals surface area (Å²) in [4.78, 5) is 15.3. The van der Waals surface area contributed by atoms with E-state index in [0.717, 1.165) is 5.56 Å². The fourth-order valence-corrected chi connectivity index (χ4v) is 6.45. The third-order valence-corrected chi connectivity index (χ3v) is 8.37. The van der Waals surface area contributed by atoms with Crippen molar-refractivity contribution in [3.63, 3.8) is 0 Å². The minimum atomic E-state index is -1.000. The van der Waals surface area contributed by atoms with Crippen LogP contribution in [0, 0.1) is 0 Å². The number of hydrogen-bond acceptors (Lipinski definition) is 4. The van der Waals surface area contributed by atoms with Crippen molar-refractivity contribution in [1.29, 1.82) is 0 Å². The minimum absolute atomic E-state index is 0.00661. The molecule has 3 aromatic carbocycles. The van der Waals surface area contributed by atoms with Crippen LogP contribution in [-0.2, 0) is 20.5 Å². The van der Waals surface area contributed by atoms with E-state index >= 15 is 0 Å². The van der Waals surface area contributed by atoms with Crippen LogP contribution in [0.2, 0.25) is 0 Å². The number of fused-ring (bicyclic) bond motifs is 5. The summed E-state index contributed by atoms with van der Waals surface area (Å²) in [7, 11) is 0. The van der Waals surface area contributed by atoms with Crippen molar-refractivity contribution in [3.8, 4) is 11.1 Å². The molecule has 3 aromatic rings. The van der Waals surface area contributed by atoms with E-state index in [4.69, 9.17) is 9.47 Å². The third kappa shape index (κ3) is 4.24. The summed E-state index contributed by atoms with van der Waals surface area (Å²) in [6.07, 6.45) is 0.549. The average molecular weight is 498 g/mol. The molecule has 2 unspecified atom stereocenters. The van der Waals surface area contributed by atoms with Crippen LogP contribution < -0.4 is 0 Å². The molecule has 2 bridgehead atoms. The lowest BCUT2D eigenvalue weighted by Gasteiger charge is -2.51. The molecule has 1 amide bonds. The number of amides is 1. The number of nitrogens with zero attached hydrogens (tertiary/aromatic N) is 1. The topological polar surface area (TPSA) is 59.0 Å². The van der Waals surface area contributed by atoms with Crippen LogP contribution in [-0.4, -0.2) is 48.0 Å². The lowest BCUT2D eigenvalue weighted by Crippen LogP contribution is -2.62. The SMILES string of the molecule is CC(C)(C)c1cccc(C2(O)CC3COCC(C2)N3C(=O)OCC2c3ccccc3-c3ccccc32)c1. The van der Waals surface area contributed by atoms with Gasteiger partial charge in [0.05, 0.1) is 30.9 Å². The predicted octanol–water partition coefficient (Wildman–Crippen LogP) is 5.98. The molecule has 3 aliphatic rings. The van der Waals surface area contributed by atoms with E-state index in [1.807, 2.05) is 29.2 Å². The Kier molecular flexibility index (Phi) is 5.89. The zero-order chi connectivity index (χ0) is 25.8. The molecule has 2 atom stereocenters. The molecule has 192 valence electrons. The lowest BCUT2D eigenvalue weighted by molar-refractivity contribution is -0.136. The van der Waals surface area contributed by atoms with Gasteiger partial charge in [0.15, 0.2) is 0 Å². The molecule has 0 saturated carbocycles. The summed E-state index contributed by atoms with van der Waals surface area (Å²) in [5.74, 6) is 0.0225. The number of rotatable bonds is 3. The monoisotopic (exact) mass is 497 g/mol. The maximum absolute atomic E-state index is 13.5. The second kappa shape index (κ2) is 9.00. The van der Waals surface area contributed by atoms with E-state index < -0.39 is 5.60 Å². The number of aliphatic hydroxyl groups is 1. The number of ether oxygens (including phenoxy) is 2. The molecule has 1 N–H and O–H groups in total. The molecule has 37 heavy (non-hydrogen) atoms. The van der Waals surface area contributed by atoms with Gasteiger partial charge in [0.2, 0.25) is 0 Å². The lowest BCUT2D eigenvalue weighted by atomic mass is 9.75. The molecule has 0 radical (unpaired) electrons. The highest BCUT2D eigenvalue weighted by Crippen LogP contribution is 2.45. The number of carbonyl (C=O) groups excluding carboxylic acids is 1. The van der Waals surface area contributed by atoms with Gasteiger partial charge >= 0.3 is 6.09 Å². The Morgan fingerprint density at radius 2 is 1.54 bits per heavy atom. The van der Waals surface area contributed by atoms with Gasteiger partial charge in [0.1, 0.15) is 6.61 Å². The standard InChI is InChI=1S/C32H35NO4/c1-31(2,3)21-9-8-10-22(15-21)32(35)16-23-18-36-19-24(17-32)33(23)30(34)37-20-29-27-13-6-4-11-25(27)26-12-5-7-14-28(26)29/h4-15,23-24,29,35H,16-20H2,1-3H3. The zero-order valence-corrected chi connectivity index (χ0v) is 21.8. The number of hydrogen-bond donors (Lipinski definition) is 1. The van der Waals surface area contributed by atoms with Gasteiger partial charge in [-0.2, -0.15) is 0 Å². The number of morpholine rings is 1. The van der Waals surface area contributed by atoms with Crippen molar-refractivity contribution < 1.29 is 19.4 Å². The Balaban J connectivity index is 1.20. The number of benzene rings is 3. The molecule has 1 aliphatic carbocycles. The summed E-state index contributed by atoms with van der Waals surface area (Å²) in [5.41, 5.74) is 5.93. The number of piperidine rings is 1. The molecule has 2 saturated heterocycles. The van der Waals surface area contributed by atoms with Gasteiger partial charge in [-0.3, -0.25) is 4.90 Å². The van der Waals surface area contributed by atoms with Gasteiger partial charge in [0, 0.05) is 18.8 Å². The fourth-order valence-electron chi connectivity index (χ4n) is 6.45. The van der Waals surface area contributed by atoms with Gasteiger partial charge in [-0.15, -0.1) is 0 Å². The third-order valence-electron chi connectivity index (χ3n) is 8.37. The second-order valence-electron chi connectivity index (χ2n) is 11.8. The maximum atomic E-state index is 13.5. The molecule has 6 rings (SSSR count). The first-order valence-electron chi connectivity index (χ1n) is 13.3. The molecular formula is C32H35NO4. The molecule has 2 heterocycles. The van der Waals surface area contributed by atoms with Gasteiger partial charge in [0.25, 0.3) is 0 Å². The van der Waals surface area contributed by atoms with E-state index in [1.165, 1.54) is 27.8 Å². The zero-order valence-electron chi connectivity index (χ0n) is 21.8. The normalized spacial score (nSPS) is 24.9. The van der Waals surface area contributed by atoms with Gasteiger partial charge in [-0.05, 0) is 38.8 Å². The number of carbonyl (C=O) groups is 1. The van der Waals surface area contributed by atoms with Crippen LogP contribution >= 0.6 is 0 Å². The van der Waals surface area contributed by atoms with Gasteiger partial charge in [-0.25, -0.2) is 4.79 Å². The molecular weight excluding hydrogens is 462 g/mol. The highest BCUT2D eigenvalue weighted by atomic mass is 16.6. The average Bonchev–Trinajstić information content (AvgIpc) is 3.20.